The van der Waals surface area contributed by atoms with Crippen molar-refractivity contribution in [3.05, 3.63) is 94.6 Å². The summed E-state index contributed by atoms with van der Waals surface area (Å²) >= 11 is 0. The zero-order chi connectivity index (χ0) is 21.9. The van der Waals surface area contributed by atoms with Gasteiger partial charge in [-0.05, 0) is 72.9 Å². The van der Waals surface area contributed by atoms with Crippen molar-refractivity contribution in [1.82, 2.24) is 4.57 Å². The standard InChI is InChI=1S/C30H28N2S/c1-20-8-7-12-24-26-18-21(14-16-28(26)32(30(20)24)23-9-3-2-4-10-23)22-15-17-29-25-11-5-6-13-27(25)31-33(29)19-22/h2-3,5-7,9,11-14,16,18-20,31H,4,8,10,15,17H2,1H3. The molecule has 2 aliphatic heterocycles. The van der Waals surface area contributed by atoms with Gasteiger partial charge in [0.25, 0.3) is 0 Å². The van der Waals surface area contributed by atoms with Gasteiger partial charge >= 0.3 is 0 Å². The first-order valence-corrected chi connectivity index (χ1v) is 13.4. The number of nitrogens with one attached hydrogen (secondary N) is 1. The summed E-state index contributed by atoms with van der Waals surface area (Å²) in [5, 5.41) is 3.90. The highest BCUT2D eigenvalue weighted by molar-refractivity contribution is 8.20. The molecule has 4 aliphatic rings. The molecular weight excluding hydrogens is 420 g/mol. The van der Waals surface area contributed by atoms with Gasteiger partial charge < -0.3 is 9.29 Å². The lowest BCUT2D eigenvalue weighted by molar-refractivity contribution is 0.720. The van der Waals surface area contributed by atoms with E-state index in [-0.39, 0.29) is 10.7 Å². The molecule has 2 aliphatic carbocycles. The van der Waals surface area contributed by atoms with E-state index >= 15 is 0 Å². The van der Waals surface area contributed by atoms with E-state index in [0.717, 1.165) is 32.1 Å². The van der Waals surface area contributed by atoms with E-state index in [2.05, 4.69) is 94.5 Å². The van der Waals surface area contributed by atoms with Gasteiger partial charge in [0.2, 0.25) is 0 Å². The second-order valence-electron chi connectivity index (χ2n) is 9.58. The van der Waals surface area contributed by atoms with Crippen molar-refractivity contribution in [3.8, 4) is 0 Å². The summed E-state index contributed by atoms with van der Waals surface area (Å²) in [5.41, 5.74) is 11.3. The largest absolute Gasteiger partial charge is 0.331 e. The first-order valence-electron chi connectivity index (χ1n) is 12.1. The van der Waals surface area contributed by atoms with E-state index in [1.54, 1.807) is 4.86 Å². The second kappa shape index (κ2) is 7.50. The Morgan fingerprint density at radius 3 is 2.88 bits per heavy atom. The third-order valence-corrected chi connectivity index (χ3v) is 9.44. The zero-order valence-electron chi connectivity index (χ0n) is 19.0. The number of benzene rings is 2. The van der Waals surface area contributed by atoms with E-state index in [1.165, 1.54) is 50.2 Å². The maximum atomic E-state index is 3.76. The van der Waals surface area contributed by atoms with Crippen molar-refractivity contribution in [2.45, 2.75) is 44.9 Å². The third-order valence-electron chi connectivity index (χ3n) is 7.53. The van der Waals surface area contributed by atoms with Crippen LogP contribution in [0.5, 0.6) is 0 Å². The maximum Gasteiger partial charge on any atom is 0.0535 e. The zero-order valence-corrected chi connectivity index (χ0v) is 19.8. The van der Waals surface area contributed by atoms with E-state index in [0.29, 0.717) is 5.92 Å². The minimum atomic E-state index is 0.0164. The van der Waals surface area contributed by atoms with Gasteiger partial charge in [-0.2, -0.15) is 0 Å². The number of rotatable bonds is 2. The molecule has 0 radical (unpaired) electrons. The Morgan fingerprint density at radius 2 is 1.97 bits per heavy atom. The molecule has 0 fully saturated rings. The normalized spacial score (nSPS) is 23.0. The molecule has 33 heavy (non-hydrogen) atoms. The molecule has 1 aromatic heterocycles. The molecule has 0 spiro atoms. The van der Waals surface area contributed by atoms with Crippen LogP contribution in [0, 0.1) is 0 Å². The average Bonchev–Trinajstić information content (AvgIpc) is 3.40. The highest BCUT2D eigenvalue weighted by Gasteiger charge is 2.26. The molecule has 0 saturated carbocycles. The van der Waals surface area contributed by atoms with E-state index in [1.807, 2.05) is 0 Å². The Labute approximate surface area is 198 Å². The third kappa shape index (κ3) is 2.99. The summed E-state index contributed by atoms with van der Waals surface area (Å²) in [5.74, 6) is 0.543. The maximum absolute atomic E-state index is 3.76. The van der Waals surface area contributed by atoms with Crippen LogP contribution in [-0.4, -0.2) is 9.43 Å². The Morgan fingerprint density at radius 1 is 1.03 bits per heavy atom. The molecule has 164 valence electrons. The highest BCUT2D eigenvalue weighted by atomic mass is 32.2. The molecule has 2 nitrogen and oxygen atoms in total. The molecule has 7 rings (SSSR count). The van der Waals surface area contributed by atoms with Crippen LogP contribution in [0.25, 0.3) is 28.2 Å². The van der Waals surface area contributed by atoms with Crippen LogP contribution in [-0.2, 0) is 0 Å². The molecule has 0 bridgehead atoms. The number of fused-ring (bicyclic) bond motifs is 5. The van der Waals surface area contributed by atoms with E-state index in [9.17, 15) is 0 Å². The van der Waals surface area contributed by atoms with Crippen LogP contribution in [0.1, 0.15) is 67.3 Å². The lowest BCUT2D eigenvalue weighted by Crippen LogP contribution is -2.09. The van der Waals surface area contributed by atoms with Gasteiger partial charge in [-0.15, -0.1) is 0 Å². The fraction of sp³-hybridized carbons (Fsp3) is 0.233. The fourth-order valence-corrected chi connectivity index (χ4v) is 7.92. The van der Waals surface area contributed by atoms with Gasteiger partial charge in [0.05, 0.1) is 11.2 Å². The predicted molar refractivity (Wildman–Crippen MR) is 146 cm³/mol. The second-order valence-corrected chi connectivity index (χ2v) is 11.2. The van der Waals surface area contributed by atoms with E-state index < -0.39 is 0 Å². The van der Waals surface area contributed by atoms with Gasteiger partial charge in [-0.1, -0.05) is 66.2 Å². The molecule has 3 aromatic rings. The number of aromatic nitrogens is 1. The molecule has 2 unspecified atom stereocenters. The quantitative estimate of drug-likeness (QED) is 0.390. The highest BCUT2D eigenvalue weighted by Crippen LogP contribution is 2.45. The van der Waals surface area contributed by atoms with Crippen LogP contribution in [0.2, 0.25) is 0 Å². The van der Waals surface area contributed by atoms with Gasteiger partial charge in [0.15, 0.2) is 0 Å². The van der Waals surface area contributed by atoms with Crippen molar-refractivity contribution in [3.63, 3.8) is 0 Å². The Bertz CT molecular complexity index is 1470. The topological polar surface area (TPSA) is 17.0 Å². The first-order chi connectivity index (χ1) is 16.3. The number of para-hydroxylation sites is 1. The van der Waals surface area contributed by atoms with Crippen LogP contribution < -0.4 is 4.72 Å². The number of hydrogen-bond donors (Lipinski definition) is 1. The minimum Gasteiger partial charge on any atom is -0.331 e. The molecule has 1 N–H and O–H groups in total. The predicted octanol–water partition coefficient (Wildman–Crippen LogP) is 8.32. The molecule has 2 aromatic carbocycles. The number of hydrogen-bond acceptors (Lipinski definition) is 1. The van der Waals surface area contributed by atoms with E-state index in [4.69, 9.17) is 0 Å². The average molecular weight is 449 g/mol. The number of anilines is 1. The van der Waals surface area contributed by atoms with Crippen molar-refractivity contribution < 1.29 is 0 Å². The smallest absolute Gasteiger partial charge is 0.0535 e. The molecule has 0 amide bonds. The van der Waals surface area contributed by atoms with Crippen molar-refractivity contribution in [2.24, 2.45) is 0 Å². The summed E-state index contributed by atoms with van der Waals surface area (Å²) in [6.07, 6.45) is 17.2. The molecule has 3 heterocycles. The van der Waals surface area contributed by atoms with Crippen molar-refractivity contribution in [1.29, 1.82) is 0 Å². The first kappa shape index (κ1) is 19.4. The van der Waals surface area contributed by atoms with Gasteiger partial charge in [-0.25, -0.2) is 0 Å². The summed E-state index contributed by atoms with van der Waals surface area (Å²) in [6, 6.07) is 16.0. The van der Waals surface area contributed by atoms with Crippen LogP contribution in [0.4, 0.5) is 5.69 Å². The SMILES string of the molecule is CC1CC=Cc2c1n(C1=CC=CCC1)c1ccc(C3=CS4=C(CC3)c3ccccc3N4)cc21. The van der Waals surface area contributed by atoms with Crippen LogP contribution in [0.3, 0.4) is 0 Å². The molecule has 3 heteroatoms. The lowest BCUT2D eigenvalue weighted by Gasteiger charge is -2.22. The Kier molecular flexibility index (Phi) is 4.41. The summed E-state index contributed by atoms with van der Waals surface area (Å²) in [7, 11) is 0.0164. The molecular formula is C30H28N2S. The Balaban J connectivity index is 1.36. The summed E-state index contributed by atoms with van der Waals surface area (Å²) < 4.78 is 6.33. The molecule has 0 saturated heterocycles. The molecule has 2 atom stereocenters. The van der Waals surface area contributed by atoms with Crippen molar-refractivity contribution in [2.75, 3.05) is 4.72 Å². The minimum absolute atomic E-state index is 0.0164. The lowest BCUT2D eigenvalue weighted by atomic mass is 9.92. The van der Waals surface area contributed by atoms with Crippen LogP contribution >= 0.6 is 10.7 Å². The summed E-state index contributed by atoms with van der Waals surface area (Å²) in [4.78, 5) is 1.58. The number of allylic oxidation sites excluding steroid dienone is 6. The van der Waals surface area contributed by atoms with Gasteiger partial charge in [0.1, 0.15) is 0 Å². The van der Waals surface area contributed by atoms with Crippen LogP contribution in [0.15, 0.2) is 72.2 Å². The number of nitrogens with zero attached hydrogens (tertiary/aromatic N) is 1. The summed E-state index contributed by atoms with van der Waals surface area (Å²) in [6.45, 7) is 2.38. The van der Waals surface area contributed by atoms with Crippen molar-refractivity contribution >= 4 is 49.5 Å². The van der Waals surface area contributed by atoms with Gasteiger partial charge in [-0.3, -0.25) is 0 Å². The fourth-order valence-electron chi connectivity index (χ4n) is 5.90. The Hall–Kier alpha value is -3.04. The van der Waals surface area contributed by atoms with Gasteiger partial charge in [0, 0.05) is 38.7 Å². The monoisotopic (exact) mass is 448 g/mol.